The van der Waals surface area contributed by atoms with Crippen molar-refractivity contribution in [3.05, 3.63) is 185 Å². The fraction of sp³-hybridized carbons (Fsp3) is 0.360. The summed E-state index contributed by atoms with van der Waals surface area (Å²) in [7, 11) is 0. The van der Waals surface area contributed by atoms with E-state index in [-0.39, 0.29) is 0 Å². The number of pyridine rings is 1. The number of hydrogen-bond acceptors (Lipinski definition) is 6. The van der Waals surface area contributed by atoms with Gasteiger partial charge in [0, 0.05) is 53.8 Å². The van der Waals surface area contributed by atoms with Crippen LogP contribution in [0.1, 0.15) is 158 Å². The standard InChI is InChI=1S/C10H11N.C9H11Cl.C9H12.C8H11N.2C7H10N2/c1-8(2)10-5-3-9(7-11)4-6-10;1-7(2)8-3-5-9(10)6-4-8;1-8(2)9-6-4-3-5-7-9;1-7(2)8-5-3-4-6-9-8;1-6(2)7-5-8-3-4-9-7;1-6(2)7-8-4-3-5-9-7/h3-6,8H,1-2H3;3-7H,1-2H3;3-8H,1-2H3;3-7H,1-2H3;2*3-6H,1-2H3. The van der Waals surface area contributed by atoms with Gasteiger partial charge in [0.05, 0.1) is 17.3 Å². The van der Waals surface area contributed by atoms with Crippen molar-refractivity contribution in [3.8, 4) is 6.07 Å². The fourth-order valence-corrected chi connectivity index (χ4v) is 4.69. The van der Waals surface area contributed by atoms with Crippen LogP contribution in [0.25, 0.3) is 0 Å². The van der Waals surface area contributed by atoms with Gasteiger partial charge in [0.1, 0.15) is 5.82 Å². The molecule has 0 atom stereocenters. The Morgan fingerprint density at radius 2 is 0.877 bits per heavy atom. The summed E-state index contributed by atoms with van der Waals surface area (Å²) in [5.74, 6) is 4.18. The largest absolute Gasteiger partial charge is 0.261 e. The van der Waals surface area contributed by atoms with E-state index >= 15 is 0 Å². The molecule has 0 radical (unpaired) electrons. The highest BCUT2D eigenvalue weighted by Crippen LogP contribution is 2.17. The molecule has 7 heteroatoms. The van der Waals surface area contributed by atoms with Crippen LogP contribution < -0.4 is 0 Å². The van der Waals surface area contributed by atoms with E-state index in [0.717, 1.165) is 27.8 Å². The molecule has 0 fully saturated rings. The molecule has 3 aromatic carbocycles. The molecule has 0 aliphatic rings. The van der Waals surface area contributed by atoms with E-state index in [1.807, 2.05) is 72.9 Å². The molecule has 0 amide bonds. The predicted octanol–water partition coefficient (Wildman–Crippen LogP) is 14.4. The van der Waals surface area contributed by atoms with E-state index in [1.165, 1.54) is 16.7 Å². The summed E-state index contributed by atoms with van der Waals surface area (Å²) in [6.45, 7) is 25.7. The third-order valence-electron chi connectivity index (χ3n) is 8.27. The normalized spacial score (nSPS) is 10.1. The number of nitriles is 1. The van der Waals surface area contributed by atoms with Crippen molar-refractivity contribution in [2.45, 2.75) is 119 Å². The number of nitrogens with zero attached hydrogens (tertiary/aromatic N) is 6. The third-order valence-corrected chi connectivity index (χ3v) is 8.52. The molecular weight excluding hydrogens is 720 g/mol. The molecular formula is C50H65ClN6. The van der Waals surface area contributed by atoms with Gasteiger partial charge in [-0.2, -0.15) is 5.26 Å². The van der Waals surface area contributed by atoms with Gasteiger partial charge < -0.3 is 0 Å². The summed E-state index contributed by atoms with van der Waals surface area (Å²) in [4.78, 5) is 20.4. The molecule has 302 valence electrons. The number of aromatic nitrogens is 5. The first-order valence-electron chi connectivity index (χ1n) is 19.9. The van der Waals surface area contributed by atoms with Gasteiger partial charge in [0.15, 0.2) is 0 Å². The van der Waals surface area contributed by atoms with Crippen molar-refractivity contribution in [1.29, 1.82) is 5.26 Å². The minimum Gasteiger partial charge on any atom is -0.261 e. The van der Waals surface area contributed by atoms with Crippen molar-refractivity contribution in [2.75, 3.05) is 0 Å². The van der Waals surface area contributed by atoms with Crippen LogP contribution in [-0.2, 0) is 0 Å². The lowest BCUT2D eigenvalue weighted by Crippen LogP contribution is -1.93. The lowest BCUT2D eigenvalue weighted by Gasteiger charge is -2.03. The molecule has 57 heavy (non-hydrogen) atoms. The first kappa shape index (κ1) is 49.8. The van der Waals surface area contributed by atoms with Gasteiger partial charge in [-0.25, -0.2) is 9.97 Å². The monoisotopic (exact) mass is 784 g/mol. The SMILES string of the molecule is CC(C)c1ccc(C#N)cc1.CC(C)c1ccc(Cl)cc1.CC(C)c1ccccc1.CC(C)c1ccccn1.CC(C)c1cnccn1.CC(C)c1ncccn1. The summed E-state index contributed by atoms with van der Waals surface area (Å²) in [6.07, 6.45) is 10.6. The van der Waals surface area contributed by atoms with Gasteiger partial charge in [-0.1, -0.05) is 155 Å². The van der Waals surface area contributed by atoms with Gasteiger partial charge in [-0.05, 0) is 88.7 Å². The molecule has 0 bridgehead atoms. The first-order chi connectivity index (χ1) is 27.2. The maximum absolute atomic E-state index is 8.52. The smallest absolute Gasteiger partial charge is 0.130 e. The summed E-state index contributed by atoms with van der Waals surface area (Å²) in [6, 6.07) is 36.1. The quantitative estimate of drug-likeness (QED) is 0.167. The predicted molar refractivity (Wildman–Crippen MR) is 242 cm³/mol. The van der Waals surface area contributed by atoms with Crippen molar-refractivity contribution in [3.63, 3.8) is 0 Å². The Hall–Kier alpha value is -5.25. The highest BCUT2D eigenvalue weighted by Gasteiger charge is 2.00. The van der Waals surface area contributed by atoms with Gasteiger partial charge in [-0.15, -0.1) is 0 Å². The second-order valence-corrected chi connectivity index (χ2v) is 15.6. The Morgan fingerprint density at radius 3 is 1.21 bits per heavy atom. The minimum atomic E-state index is 0.436. The second-order valence-electron chi connectivity index (χ2n) is 15.1. The van der Waals surface area contributed by atoms with Crippen LogP contribution in [0.2, 0.25) is 5.02 Å². The number of halogens is 1. The minimum absolute atomic E-state index is 0.436. The molecule has 0 spiro atoms. The topological polar surface area (TPSA) is 88.2 Å². The van der Waals surface area contributed by atoms with Crippen molar-refractivity contribution in [1.82, 2.24) is 24.9 Å². The van der Waals surface area contributed by atoms with Crippen LogP contribution in [0.5, 0.6) is 0 Å². The Labute approximate surface area is 349 Å². The highest BCUT2D eigenvalue weighted by molar-refractivity contribution is 6.30. The number of rotatable bonds is 6. The molecule has 6 rings (SSSR count). The first-order valence-corrected chi connectivity index (χ1v) is 20.3. The molecule has 3 heterocycles. The molecule has 6 nitrogen and oxygen atoms in total. The second kappa shape index (κ2) is 29.1. The van der Waals surface area contributed by atoms with E-state index in [0.29, 0.717) is 35.5 Å². The number of benzene rings is 3. The molecule has 0 unspecified atom stereocenters. The maximum Gasteiger partial charge on any atom is 0.130 e. The summed E-state index contributed by atoms with van der Waals surface area (Å²) in [5, 5.41) is 9.33. The van der Waals surface area contributed by atoms with E-state index in [9.17, 15) is 0 Å². The van der Waals surface area contributed by atoms with Gasteiger partial charge in [0.25, 0.3) is 0 Å². The van der Waals surface area contributed by atoms with Crippen LogP contribution in [-0.4, -0.2) is 24.9 Å². The van der Waals surface area contributed by atoms with E-state index < -0.39 is 0 Å². The van der Waals surface area contributed by atoms with E-state index in [1.54, 1.807) is 31.0 Å². The zero-order valence-corrected chi connectivity index (χ0v) is 37.1. The van der Waals surface area contributed by atoms with Crippen LogP contribution in [0.4, 0.5) is 0 Å². The third kappa shape index (κ3) is 22.8. The van der Waals surface area contributed by atoms with Crippen molar-refractivity contribution < 1.29 is 0 Å². The fourth-order valence-electron chi connectivity index (χ4n) is 4.56. The molecule has 6 aromatic rings. The Balaban J connectivity index is 0.000000343. The Morgan fingerprint density at radius 1 is 0.421 bits per heavy atom. The van der Waals surface area contributed by atoms with Crippen LogP contribution in [0.15, 0.2) is 140 Å². The molecule has 3 aromatic heterocycles. The zero-order valence-electron chi connectivity index (χ0n) is 36.3. The molecule has 0 aliphatic heterocycles. The van der Waals surface area contributed by atoms with Gasteiger partial charge in [-0.3, -0.25) is 15.0 Å². The van der Waals surface area contributed by atoms with Crippen molar-refractivity contribution >= 4 is 11.6 Å². The molecule has 0 saturated heterocycles. The van der Waals surface area contributed by atoms with Gasteiger partial charge >= 0.3 is 0 Å². The average molecular weight is 786 g/mol. The summed E-state index contributed by atoms with van der Waals surface area (Å²) < 4.78 is 0. The molecule has 0 saturated carbocycles. The summed E-state index contributed by atoms with van der Waals surface area (Å²) in [5.41, 5.74) is 6.98. The van der Waals surface area contributed by atoms with E-state index in [4.69, 9.17) is 16.9 Å². The molecule has 0 N–H and O–H groups in total. The lowest BCUT2D eigenvalue weighted by atomic mass is 10.0. The van der Waals surface area contributed by atoms with Crippen LogP contribution in [0.3, 0.4) is 0 Å². The van der Waals surface area contributed by atoms with Crippen molar-refractivity contribution in [2.24, 2.45) is 0 Å². The highest BCUT2D eigenvalue weighted by atomic mass is 35.5. The summed E-state index contributed by atoms with van der Waals surface area (Å²) >= 11 is 5.72. The maximum atomic E-state index is 8.52. The molecule has 0 aliphatic carbocycles. The van der Waals surface area contributed by atoms with Crippen LogP contribution in [0, 0.1) is 11.3 Å². The Bertz CT molecular complexity index is 1700. The average Bonchev–Trinajstić information content (AvgIpc) is 3.23. The lowest BCUT2D eigenvalue weighted by molar-refractivity contribution is 0.774. The Kier molecular flexibility index (Phi) is 25.4. The van der Waals surface area contributed by atoms with Gasteiger partial charge in [0.2, 0.25) is 0 Å². The number of hydrogen-bond donors (Lipinski definition) is 0. The zero-order chi connectivity index (χ0) is 42.6. The van der Waals surface area contributed by atoms with Crippen LogP contribution >= 0.6 is 11.6 Å². The van der Waals surface area contributed by atoms with E-state index in [2.05, 4.69) is 150 Å².